The zero-order chi connectivity index (χ0) is 33.8. The van der Waals surface area contributed by atoms with Crippen molar-refractivity contribution < 1.29 is 0 Å². The second-order valence-electron chi connectivity index (χ2n) is 12.6. The normalized spacial score (nSPS) is 12.3. The summed E-state index contributed by atoms with van der Waals surface area (Å²) < 4.78 is 4.42. The molecule has 5 nitrogen and oxygen atoms in total. The van der Waals surface area contributed by atoms with Crippen LogP contribution in [0, 0.1) is 34.0 Å². The summed E-state index contributed by atoms with van der Waals surface area (Å²) in [4.78, 5) is 0. The number of rotatable bonds is 4. The van der Waals surface area contributed by atoms with Gasteiger partial charge in [0.1, 0.15) is 6.07 Å². The summed E-state index contributed by atoms with van der Waals surface area (Å²) in [6.45, 7) is 0. The zero-order valence-electron chi connectivity index (χ0n) is 26.9. The van der Waals surface area contributed by atoms with Crippen molar-refractivity contribution in [2.24, 2.45) is 0 Å². The fraction of sp³-hybridized carbons (Fsp3) is 0.0444. The van der Waals surface area contributed by atoms with Gasteiger partial charge in [-0.25, -0.2) is 0 Å². The highest BCUT2D eigenvalue weighted by molar-refractivity contribution is 6.09. The topological polar surface area (TPSA) is 81.2 Å². The van der Waals surface area contributed by atoms with Crippen molar-refractivity contribution in [3.05, 3.63) is 162 Å². The Bertz CT molecular complexity index is 2820. The van der Waals surface area contributed by atoms with Crippen molar-refractivity contribution in [3.8, 4) is 51.8 Å². The lowest BCUT2D eigenvalue weighted by molar-refractivity contribution is 0.960. The number of nitriles is 3. The zero-order valence-corrected chi connectivity index (χ0v) is 26.9. The minimum Gasteiger partial charge on any atom is -0.309 e. The van der Waals surface area contributed by atoms with Gasteiger partial charge in [-0.3, -0.25) is 0 Å². The van der Waals surface area contributed by atoms with Crippen LogP contribution in [-0.4, -0.2) is 9.13 Å². The SMILES string of the molecule is N#CC1=CCCc2c1n(-c1cccc(C#N)c1-c1ccc(-c3ccc(-n4c5ccccc5c5cc(C#N)ccc54)cc3)cc1)c1ccccc21. The number of aromatic nitrogens is 2. The fourth-order valence-electron chi connectivity index (χ4n) is 7.73. The molecule has 0 fully saturated rings. The average Bonchev–Trinajstić information content (AvgIpc) is 3.70. The largest absolute Gasteiger partial charge is 0.309 e. The van der Waals surface area contributed by atoms with Gasteiger partial charge in [0.05, 0.1) is 56.8 Å². The average molecular weight is 638 g/mol. The minimum absolute atomic E-state index is 0.581. The Hall–Kier alpha value is -7.13. The van der Waals surface area contributed by atoms with Gasteiger partial charge in [-0.05, 0) is 89.7 Å². The monoisotopic (exact) mass is 637 g/mol. The molecule has 0 amide bonds. The number of allylic oxidation sites excluding steroid dienone is 2. The van der Waals surface area contributed by atoms with E-state index in [1.54, 1.807) is 0 Å². The van der Waals surface area contributed by atoms with Crippen LogP contribution in [0.1, 0.15) is 28.8 Å². The van der Waals surface area contributed by atoms with Crippen LogP contribution in [0.2, 0.25) is 0 Å². The van der Waals surface area contributed by atoms with Gasteiger partial charge in [-0.1, -0.05) is 84.9 Å². The van der Waals surface area contributed by atoms with E-state index in [1.165, 1.54) is 5.56 Å². The molecule has 0 spiro atoms. The van der Waals surface area contributed by atoms with Crippen LogP contribution in [0.3, 0.4) is 0 Å². The van der Waals surface area contributed by atoms with Gasteiger partial charge in [0, 0.05) is 27.4 Å². The van der Waals surface area contributed by atoms with Crippen LogP contribution in [-0.2, 0) is 6.42 Å². The second kappa shape index (κ2) is 11.5. The van der Waals surface area contributed by atoms with Gasteiger partial charge >= 0.3 is 0 Å². The van der Waals surface area contributed by atoms with Crippen molar-refractivity contribution in [2.45, 2.75) is 12.8 Å². The number of benzene rings is 6. The molecule has 0 N–H and O–H groups in total. The van der Waals surface area contributed by atoms with Crippen molar-refractivity contribution in [1.82, 2.24) is 9.13 Å². The Morgan fingerprint density at radius 1 is 0.520 bits per heavy atom. The molecule has 9 rings (SSSR count). The first kappa shape index (κ1) is 29.0. The summed E-state index contributed by atoms with van der Waals surface area (Å²) in [6, 6.07) is 52.4. The van der Waals surface area contributed by atoms with E-state index < -0.39 is 0 Å². The van der Waals surface area contributed by atoms with E-state index in [-0.39, 0.29) is 0 Å². The van der Waals surface area contributed by atoms with E-state index >= 15 is 0 Å². The Labute approximate surface area is 289 Å². The standard InChI is InChI=1S/C45H27N5/c46-26-29-15-24-42-39(25-29)37-10-2-3-12-40(37)49(42)35-22-20-31(21-23-35)30-16-18-32(19-17-30)44-33(27-47)7-6-14-43(44)50-41-13-4-1-9-36(41)38-11-5-8-34(28-48)45(38)50/h1-4,6-10,12-25H,5,11H2. The Morgan fingerprint density at radius 3 is 1.90 bits per heavy atom. The predicted octanol–water partition coefficient (Wildman–Crippen LogP) is 10.7. The van der Waals surface area contributed by atoms with E-state index in [0.717, 1.165) is 84.9 Å². The molecule has 2 aromatic heterocycles. The number of hydrogen-bond donors (Lipinski definition) is 0. The third-order valence-corrected chi connectivity index (χ3v) is 9.94. The number of aryl methyl sites for hydroxylation is 1. The molecule has 232 valence electrons. The lowest BCUT2D eigenvalue weighted by Gasteiger charge is -2.19. The maximum atomic E-state index is 10.3. The lowest BCUT2D eigenvalue weighted by Crippen LogP contribution is -2.06. The van der Waals surface area contributed by atoms with Crippen molar-refractivity contribution >= 4 is 38.3 Å². The molecule has 0 radical (unpaired) electrons. The van der Waals surface area contributed by atoms with E-state index in [9.17, 15) is 15.8 Å². The smallest absolute Gasteiger partial charge is 0.101 e. The quantitative estimate of drug-likeness (QED) is 0.193. The summed E-state index contributed by atoms with van der Waals surface area (Å²) >= 11 is 0. The third-order valence-electron chi connectivity index (χ3n) is 9.94. The van der Waals surface area contributed by atoms with Crippen LogP contribution in [0.4, 0.5) is 0 Å². The van der Waals surface area contributed by atoms with E-state index in [4.69, 9.17) is 0 Å². The second-order valence-corrected chi connectivity index (χ2v) is 12.6. The molecule has 2 heterocycles. The molecule has 0 bridgehead atoms. The molecular weight excluding hydrogens is 611 g/mol. The first-order chi connectivity index (χ1) is 24.7. The first-order valence-electron chi connectivity index (χ1n) is 16.6. The highest BCUT2D eigenvalue weighted by Gasteiger charge is 2.25. The molecule has 8 aromatic rings. The number of hydrogen-bond acceptors (Lipinski definition) is 3. The van der Waals surface area contributed by atoms with Gasteiger partial charge < -0.3 is 9.13 Å². The summed E-state index contributed by atoms with van der Waals surface area (Å²) in [7, 11) is 0. The number of para-hydroxylation sites is 2. The molecule has 6 aromatic carbocycles. The van der Waals surface area contributed by atoms with Gasteiger partial charge in [0.25, 0.3) is 0 Å². The molecule has 0 unspecified atom stereocenters. The lowest BCUT2D eigenvalue weighted by atomic mass is 9.94. The third kappa shape index (κ3) is 4.37. The molecule has 50 heavy (non-hydrogen) atoms. The van der Waals surface area contributed by atoms with Gasteiger partial charge in [-0.15, -0.1) is 0 Å². The van der Waals surface area contributed by atoms with Crippen LogP contribution < -0.4 is 0 Å². The number of fused-ring (bicyclic) bond motifs is 6. The van der Waals surface area contributed by atoms with Crippen LogP contribution in [0.25, 0.3) is 71.9 Å². The van der Waals surface area contributed by atoms with Gasteiger partial charge in [-0.2, -0.15) is 15.8 Å². The van der Waals surface area contributed by atoms with E-state index in [1.807, 2.05) is 60.7 Å². The van der Waals surface area contributed by atoms with Crippen LogP contribution in [0.5, 0.6) is 0 Å². The predicted molar refractivity (Wildman–Crippen MR) is 200 cm³/mol. The molecule has 5 heteroatoms. The van der Waals surface area contributed by atoms with Crippen LogP contribution in [0.15, 0.2) is 140 Å². The summed E-state index contributed by atoms with van der Waals surface area (Å²) in [5, 5.41) is 33.3. The van der Waals surface area contributed by atoms with Gasteiger partial charge in [0.15, 0.2) is 0 Å². The Balaban J connectivity index is 1.13. The summed E-state index contributed by atoms with van der Waals surface area (Å²) in [5.41, 5.74) is 13.0. The first-order valence-corrected chi connectivity index (χ1v) is 16.6. The molecule has 0 atom stereocenters. The molecule has 0 saturated heterocycles. The maximum Gasteiger partial charge on any atom is 0.101 e. The number of nitrogens with zero attached hydrogens (tertiary/aromatic N) is 5. The van der Waals surface area contributed by atoms with E-state index in [0.29, 0.717) is 16.7 Å². The molecule has 0 saturated carbocycles. The Kier molecular flexibility index (Phi) is 6.70. The molecule has 1 aliphatic carbocycles. The van der Waals surface area contributed by atoms with Crippen molar-refractivity contribution in [2.75, 3.05) is 0 Å². The van der Waals surface area contributed by atoms with Gasteiger partial charge in [0.2, 0.25) is 0 Å². The highest BCUT2D eigenvalue weighted by Crippen LogP contribution is 2.41. The summed E-state index contributed by atoms with van der Waals surface area (Å²) in [5.74, 6) is 0. The molecular formula is C45H27N5. The van der Waals surface area contributed by atoms with Crippen molar-refractivity contribution in [1.29, 1.82) is 15.8 Å². The highest BCUT2D eigenvalue weighted by atomic mass is 15.0. The molecule has 0 aliphatic heterocycles. The maximum absolute atomic E-state index is 10.3. The molecule has 1 aliphatic rings. The van der Waals surface area contributed by atoms with Crippen LogP contribution >= 0.6 is 0 Å². The van der Waals surface area contributed by atoms with E-state index in [2.05, 4.69) is 106 Å². The summed E-state index contributed by atoms with van der Waals surface area (Å²) in [6.07, 6.45) is 3.73. The minimum atomic E-state index is 0.581. The fourth-order valence-corrected chi connectivity index (χ4v) is 7.73. The Morgan fingerprint density at radius 2 is 1.18 bits per heavy atom. The van der Waals surface area contributed by atoms with Crippen molar-refractivity contribution in [3.63, 3.8) is 0 Å².